The van der Waals surface area contributed by atoms with E-state index in [9.17, 15) is 29.6 Å². The molecule has 0 saturated carbocycles. The van der Waals surface area contributed by atoms with E-state index in [0.29, 0.717) is 5.56 Å². The lowest BCUT2D eigenvalue weighted by Crippen LogP contribution is -2.99. The zero-order valence-electron chi connectivity index (χ0n) is 20.9. The third-order valence-corrected chi connectivity index (χ3v) is 8.41. The van der Waals surface area contributed by atoms with Gasteiger partial charge in [-0.15, -0.1) is 0 Å². The van der Waals surface area contributed by atoms with Crippen LogP contribution in [0.3, 0.4) is 0 Å². The number of fused-ring (bicyclic) bond motifs is 2. The first-order chi connectivity index (χ1) is 19.3. The molecule has 1 aliphatic heterocycles. The molecule has 3 unspecified atom stereocenters. The van der Waals surface area contributed by atoms with E-state index in [0.717, 1.165) is 0 Å². The predicted molar refractivity (Wildman–Crippen MR) is 141 cm³/mol. The van der Waals surface area contributed by atoms with E-state index in [1.165, 1.54) is 30.3 Å². The van der Waals surface area contributed by atoms with Crippen molar-refractivity contribution in [2.45, 2.75) is 17.6 Å². The van der Waals surface area contributed by atoms with Crippen molar-refractivity contribution in [1.82, 2.24) is 0 Å². The molecule has 1 heterocycles. The Labute approximate surface area is 228 Å². The van der Waals surface area contributed by atoms with Crippen LogP contribution in [-0.4, -0.2) is 33.9 Å². The van der Waals surface area contributed by atoms with Gasteiger partial charge in [-0.05, 0) is 11.1 Å². The first-order valence-corrected chi connectivity index (χ1v) is 12.8. The fourth-order valence-electron chi connectivity index (χ4n) is 6.81. The molecule has 0 bridgehead atoms. The quantitative estimate of drug-likeness (QED) is 0.304. The second-order valence-corrected chi connectivity index (χ2v) is 10.3. The van der Waals surface area contributed by atoms with Crippen molar-refractivity contribution in [3.8, 4) is 0 Å². The minimum Gasteiger partial charge on any atom is -0.595 e. The molecule has 3 atom stereocenters. The number of nitrogens with one attached hydrogen (secondary N) is 1. The molecule has 40 heavy (non-hydrogen) atoms. The number of rotatable bonds is 3. The van der Waals surface area contributed by atoms with Gasteiger partial charge < -0.3 is 9.94 Å². The maximum atomic E-state index is 14.6. The summed E-state index contributed by atoms with van der Waals surface area (Å²) in [6, 6.07) is 27.0. The van der Waals surface area contributed by atoms with Gasteiger partial charge in [0.2, 0.25) is 17.2 Å². The van der Waals surface area contributed by atoms with Crippen LogP contribution in [0.15, 0.2) is 103 Å². The molecule has 2 aliphatic carbocycles. The van der Waals surface area contributed by atoms with Gasteiger partial charge in [0.05, 0.1) is 5.92 Å². The van der Waals surface area contributed by atoms with E-state index in [-0.39, 0.29) is 33.5 Å². The highest BCUT2D eigenvalue weighted by molar-refractivity contribution is 6.37. The second-order valence-electron chi connectivity index (χ2n) is 10.3. The van der Waals surface area contributed by atoms with Crippen molar-refractivity contribution >= 4 is 28.8 Å². The average Bonchev–Trinajstić information content (AvgIpc) is 3.52. The van der Waals surface area contributed by atoms with Crippen LogP contribution in [0, 0.1) is 10.6 Å². The normalized spacial score (nSPS) is 22.6. The Hall–Kier alpha value is -4.60. The van der Waals surface area contributed by atoms with Gasteiger partial charge in [0.15, 0.2) is 17.3 Å². The van der Waals surface area contributed by atoms with Crippen molar-refractivity contribution in [2.75, 3.05) is 0 Å². The highest BCUT2D eigenvalue weighted by atomic mass is 16.8. The molecule has 196 valence electrons. The van der Waals surface area contributed by atoms with Gasteiger partial charge in [-0.3, -0.25) is 19.2 Å². The lowest BCUT2D eigenvalue weighted by molar-refractivity contribution is -0.991. The SMILES string of the molecule is O=C1c2ccccc2C(=O)C12OC(c1ccccc1)C1(C(=O)c3ccccc3C1=O)C2c1cccc([NH+]([O-])O)c1. The summed E-state index contributed by atoms with van der Waals surface area (Å²) < 4.78 is 6.59. The molecule has 4 aromatic rings. The van der Waals surface area contributed by atoms with Gasteiger partial charge in [-0.25, -0.2) is 5.21 Å². The van der Waals surface area contributed by atoms with E-state index < -0.39 is 51.4 Å². The zero-order valence-corrected chi connectivity index (χ0v) is 20.9. The summed E-state index contributed by atoms with van der Waals surface area (Å²) in [5.74, 6) is -3.90. The molecule has 2 N–H and O–H groups in total. The number of carbonyl (C=O) groups is 4. The minimum absolute atomic E-state index is 0.114. The van der Waals surface area contributed by atoms with Crippen LogP contribution in [0.4, 0.5) is 5.69 Å². The Kier molecular flexibility index (Phi) is 5.16. The Bertz CT molecular complexity index is 1690. The lowest BCUT2D eigenvalue weighted by Gasteiger charge is -2.34. The van der Waals surface area contributed by atoms with E-state index in [1.807, 2.05) is 0 Å². The smallest absolute Gasteiger partial charge is 0.204 e. The van der Waals surface area contributed by atoms with Gasteiger partial charge in [-0.2, -0.15) is 5.23 Å². The standard InChI is InChI=1S/C32H21NO7/c34-26-21-13-4-5-14-22(21)27(35)31(26)25(19-11-8-12-20(17-19)33(38)39)32(40-30(31)18-9-2-1-3-10-18)28(36)23-15-6-7-16-24(23)29(32)37/h1-17,25,30,33,38H. The number of Topliss-reactive ketones (excluding diaryl/α,β-unsaturated/α-hetero) is 4. The molecule has 8 nitrogen and oxygen atoms in total. The number of carbonyl (C=O) groups excluding carboxylic acids is 4. The molecular formula is C32H21NO7. The Morgan fingerprint density at radius 2 is 1.10 bits per heavy atom. The fourth-order valence-corrected chi connectivity index (χ4v) is 6.81. The first kappa shape index (κ1) is 24.4. The molecular weight excluding hydrogens is 510 g/mol. The van der Waals surface area contributed by atoms with E-state index >= 15 is 0 Å². The van der Waals surface area contributed by atoms with Crippen molar-refractivity contribution in [2.24, 2.45) is 5.41 Å². The Balaban J connectivity index is 1.60. The zero-order chi connectivity index (χ0) is 27.8. The number of hydrogen-bond acceptors (Lipinski definition) is 7. The maximum absolute atomic E-state index is 14.6. The van der Waals surface area contributed by atoms with Crippen molar-refractivity contribution in [3.05, 3.63) is 142 Å². The second kappa shape index (κ2) is 8.45. The van der Waals surface area contributed by atoms with E-state index in [4.69, 9.17) is 4.74 Å². The Morgan fingerprint density at radius 1 is 0.625 bits per heavy atom. The molecule has 1 saturated heterocycles. The molecule has 0 radical (unpaired) electrons. The highest BCUT2D eigenvalue weighted by Crippen LogP contribution is 2.67. The number of ether oxygens (including phenoxy) is 1. The average molecular weight is 532 g/mol. The number of hydrogen-bond donors (Lipinski definition) is 2. The van der Waals surface area contributed by atoms with Gasteiger partial charge in [0, 0.05) is 34.4 Å². The lowest BCUT2D eigenvalue weighted by atomic mass is 9.60. The molecule has 0 amide bonds. The topological polar surface area (TPSA) is 125 Å². The minimum atomic E-state index is -2.27. The fraction of sp³-hybridized carbons (Fsp3) is 0.125. The van der Waals surface area contributed by atoms with Gasteiger partial charge in [-0.1, -0.05) is 91.0 Å². The largest absolute Gasteiger partial charge is 0.595 e. The third-order valence-electron chi connectivity index (χ3n) is 8.41. The summed E-state index contributed by atoms with van der Waals surface area (Å²) in [6.07, 6.45) is -1.30. The van der Waals surface area contributed by atoms with E-state index in [1.54, 1.807) is 72.8 Å². The molecule has 8 heteroatoms. The summed E-state index contributed by atoms with van der Waals surface area (Å²) in [6.45, 7) is 0. The molecule has 4 aromatic carbocycles. The summed E-state index contributed by atoms with van der Waals surface area (Å²) in [5.41, 5.74) is -3.20. The van der Waals surface area contributed by atoms with Gasteiger partial charge in [0.1, 0.15) is 11.5 Å². The third kappa shape index (κ3) is 2.88. The summed E-state index contributed by atoms with van der Waals surface area (Å²) in [5, 5.41) is 20.6. The Morgan fingerprint density at radius 3 is 1.62 bits per heavy atom. The number of ketones is 4. The monoisotopic (exact) mass is 531 g/mol. The first-order valence-electron chi connectivity index (χ1n) is 12.8. The van der Waals surface area contributed by atoms with Crippen LogP contribution in [0.25, 0.3) is 0 Å². The van der Waals surface area contributed by atoms with Gasteiger partial charge in [0.25, 0.3) is 0 Å². The predicted octanol–water partition coefficient (Wildman–Crippen LogP) is 3.83. The molecule has 3 aliphatic rings. The summed E-state index contributed by atoms with van der Waals surface area (Å²) >= 11 is 0. The van der Waals surface area contributed by atoms with Crippen LogP contribution >= 0.6 is 0 Å². The molecule has 2 spiro atoms. The van der Waals surface area contributed by atoms with Crippen LogP contribution in [0.5, 0.6) is 0 Å². The van der Waals surface area contributed by atoms with Crippen LogP contribution in [0.2, 0.25) is 0 Å². The number of quaternary nitrogens is 1. The van der Waals surface area contributed by atoms with Crippen molar-refractivity contribution in [1.29, 1.82) is 0 Å². The number of benzene rings is 4. The van der Waals surface area contributed by atoms with Gasteiger partial charge >= 0.3 is 0 Å². The maximum Gasteiger partial charge on any atom is 0.204 e. The van der Waals surface area contributed by atoms with Crippen LogP contribution in [0.1, 0.15) is 64.6 Å². The molecule has 0 aromatic heterocycles. The van der Waals surface area contributed by atoms with Crippen LogP contribution < -0.4 is 5.23 Å². The van der Waals surface area contributed by atoms with Crippen molar-refractivity contribution < 1.29 is 34.3 Å². The molecule has 1 fully saturated rings. The van der Waals surface area contributed by atoms with Crippen molar-refractivity contribution in [3.63, 3.8) is 0 Å². The van der Waals surface area contributed by atoms with E-state index in [2.05, 4.69) is 0 Å². The summed E-state index contributed by atoms with van der Waals surface area (Å²) in [4.78, 5) is 57.9. The summed E-state index contributed by atoms with van der Waals surface area (Å²) in [7, 11) is 0. The van der Waals surface area contributed by atoms with Crippen LogP contribution in [-0.2, 0) is 4.74 Å². The molecule has 7 rings (SSSR count). The highest BCUT2D eigenvalue weighted by Gasteiger charge is 2.79.